The number of ether oxygens (including phenoxy) is 1. The number of hydrogen-bond donors (Lipinski definition) is 1. The first kappa shape index (κ1) is 10.2. The standard InChI is InChI=1S/C11H17N3O2/c1-7-4-5-12-9(7)11-13-10(14-16-11)8-3-2-6-15-8/h7-9,12H,2-6H2,1H3. The van der Waals surface area contributed by atoms with Gasteiger partial charge in [0.15, 0.2) is 0 Å². The molecular weight excluding hydrogens is 206 g/mol. The Balaban J connectivity index is 1.76. The third-order valence-corrected chi connectivity index (χ3v) is 3.47. The van der Waals surface area contributed by atoms with E-state index in [0.717, 1.165) is 31.9 Å². The Hall–Kier alpha value is -0.940. The van der Waals surface area contributed by atoms with Crippen molar-refractivity contribution in [3.63, 3.8) is 0 Å². The molecule has 3 heterocycles. The third kappa shape index (κ3) is 1.74. The molecule has 1 aromatic heterocycles. The van der Waals surface area contributed by atoms with Gasteiger partial charge in [0.2, 0.25) is 11.7 Å². The molecule has 2 aliphatic rings. The lowest BCUT2D eigenvalue weighted by Gasteiger charge is -2.09. The number of hydrogen-bond acceptors (Lipinski definition) is 5. The predicted molar refractivity (Wildman–Crippen MR) is 56.7 cm³/mol. The van der Waals surface area contributed by atoms with Crippen molar-refractivity contribution < 1.29 is 9.26 Å². The van der Waals surface area contributed by atoms with Gasteiger partial charge in [0.05, 0.1) is 6.04 Å². The fourth-order valence-corrected chi connectivity index (χ4v) is 2.45. The van der Waals surface area contributed by atoms with Crippen molar-refractivity contribution in [2.75, 3.05) is 13.2 Å². The van der Waals surface area contributed by atoms with Crippen molar-refractivity contribution in [3.8, 4) is 0 Å². The maximum Gasteiger partial charge on any atom is 0.244 e. The summed E-state index contributed by atoms with van der Waals surface area (Å²) >= 11 is 0. The zero-order valence-electron chi connectivity index (χ0n) is 9.48. The molecule has 16 heavy (non-hydrogen) atoms. The van der Waals surface area contributed by atoms with Gasteiger partial charge < -0.3 is 14.6 Å². The van der Waals surface area contributed by atoms with E-state index < -0.39 is 0 Å². The Bertz CT molecular complexity index is 360. The van der Waals surface area contributed by atoms with E-state index in [1.54, 1.807) is 0 Å². The molecule has 1 aromatic rings. The van der Waals surface area contributed by atoms with Crippen molar-refractivity contribution in [1.82, 2.24) is 15.5 Å². The van der Waals surface area contributed by atoms with Crippen LogP contribution in [0.2, 0.25) is 0 Å². The van der Waals surface area contributed by atoms with Gasteiger partial charge >= 0.3 is 0 Å². The van der Waals surface area contributed by atoms with Crippen LogP contribution in [0.15, 0.2) is 4.52 Å². The summed E-state index contributed by atoms with van der Waals surface area (Å²) in [6.45, 7) is 4.05. The number of aromatic nitrogens is 2. The molecular formula is C11H17N3O2. The molecule has 3 rings (SSSR count). The maximum absolute atomic E-state index is 5.54. The summed E-state index contributed by atoms with van der Waals surface area (Å²) in [6.07, 6.45) is 3.32. The molecule has 1 N–H and O–H groups in total. The van der Waals surface area contributed by atoms with E-state index in [4.69, 9.17) is 9.26 Å². The molecule has 2 aliphatic heterocycles. The summed E-state index contributed by atoms with van der Waals surface area (Å²) in [6, 6.07) is 0.225. The summed E-state index contributed by atoms with van der Waals surface area (Å²) in [5.41, 5.74) is 0. The van der Waals surface area contributed by atoms with E-state index in [0.29, 0.717) is 11.7 Å². The van der Waals surface area contributed by atoms with Crippen LogP contribution in [0.3, 0.4) is 0 Å². The van der Waals surface area contributed by atoms with Gasteiger partial charge in [0, 0.05) is 6.61 Å². The van der Waals surface area contributed by atoms with Crippen LogP contribution in [0.1, 0.15) is 50.0 Å². The average Bonchev–Trinajstić information content (AvgIpc) is 2.96. The zero-order chi connectivity index (χ0) is 11.0. The van der Waals surface area contributed by atoms with Gasteiger partial charge in [-0.3, -0.25) is 0 Å². The zero-order valence-corrected chi connectivity index (χ0v) is 9.48. The first-order valence-electron chi connectivity index (χ1n) is 6.03. The second-order valence-corrected chi connectivity index (χ2v) is 4.69. The van der Waals surface area contributed by atoms with Crippen molar-refractivity contribution >= 4 is 0 Å². The van der Waals surface area contributed by atoms with Crippen molar-refractivity contribution in [2.24, 2.45) is 5.92 Å². The summed E-state index contributed by atoms with van der Waals surface area (Å²) in [5.74, 6) is 2.00. The fraction of sp³-hybridized carbons (Fsp3) is 0.818. The average molecular weight is 223 g/mol. The molecule has 3 unspecified atom stereocenters. The highest BCUT2D eigenvalue weighted by molar-refractivity contribution is 5.00. The Labute approximate surface area is 94.6 Å². The largest absolute Gasteiger partial charge is 0.370 e. The minimum absolute atomic E-state index is 0.0502. The second-order valence-electron chi connectivity index (χ2n) is 4.69. The van der Waals surface area contributed by atoms with Crippen molar-refractivity contribution in [3.05, 3.63) is 11.7 Å². The van der Waals surface area contributed by atoms with Gasteiger partial charge in [-0.25, -0.2) is 0 Å². The first-order chi connectivity index (χ1) is 7.84. The number of nitrogens with zero attached hydrogens (tertiary/aromatic N) is 2. The quantitative estimate of drug-likeness (QED) is 0.825. The topological polar surface area (TPSA) is 60.2 Å². The summed E-state index contributed by atoms with van der Waals surface area (Å²) in [5, 5.41) is 7.42. The van der Waals surface area contributed by atoms with E-state index in [9.17, 15) is 0 Å². The van der Waals surface area contributed by atoms with E-state index in [1.807, 2.05) is 0 Å². The van der Waals surface area contributed by atoms with Crippen LogP contribution < -0.4 is 5.32 Å². The Kier molecular flexibility index (Phi) is 2.65. The lowest BCUT2D eigenvalue weighted by Crippen LogP contribution is -2.17. The van der Waals surface area contributed by atoms with Crippen LogP contribution in [0, 0.1) is 5.92 Å². The molecule has 0 aromatic carbocycles. The molecule has 2 saturated heterocycles. The molecule has 0 amide bonds. The van der Waals surface area contributed by atoms with Gasteiger partial charge in [-0.2, -0.15) is 4.98 Å². The van der Waals surface area contributed by atoms with Gasteiger partial charge in [0.25, 0.3) is 0 Å². The normalized spacial score (nSPS) is 34.7. The van der Waals surface area contributed by atoms with E-state index in [1.165, 1.54) is 6.42 Å². The highest BCUT2D eigenvalue weighted by atomic mass is 16.5. The van der Waals surface area contributed by atoms with Crippen molar-refractivity contribution in [2.45, 2.75) is 38.3 Å². The third-order valence-electron chi connectivity index (χ3n) is 3.47. The van der Waals surface area contributed by atoms with Gasteiger partial charge in [-0.05, 0) is 31.7 Å². The molecule has 0 aliphatic carbocycles. The highest BCUT2D eigenvalue weighted by Crippen LogP contribution is 2.31. The van der Waals surface area contributed by atoms with Gasteiger partial charge in [0.1, 0.15) is 6.10 Å². The Morgan fingerprint density at radius 2 is 2.31 bits per heavy atom. The summed E-state index contributed by atoms with van der Waals surface area (Å²) in [4.78, 5) is 4.46. The number of nitrogens with one attached hydrogen (secondary N) is 1. The van der Waals surface area contributed by atoms with Crippen molar-refractivity contribution in [1.29, 1.82) is 0 Å². The van der Waals surface area contributed by atoms with E-state index >= 15 is 0 Å². The second kappa shape index (κ2) is 4.14. The van der Waals surface area contributed by atoms with Crippen LogP contribution in [0.4, 0.5) is 0 Å². The van der Waals surface area contributed by atoms with E-state index in [-0.39, 0.29) is 12.1 Å². The van der Waals surface area contributed by atoms with E-state index in [2.05, 4.69) is 22.4 Å². The lowest BCUT2D eigenvalue weighted by molar-refractivity contribution is 0.103. The van der Waals surface area contributed by atoms with Gasteiger partial charge in [-0.1, -0.05) is 12.1 Å². The molecule has 0 bridgehead atoms. The molecule has 5 heteroatoms. The minimum Gasteiger partial charge on any atom is -0.370 e. The summed E-state index contributed by atoms with van der Waals surface area (Å²) < 4.78 is 10.9. The smallest absolute Gasteiger partial charge is 0.244 e. The molecule has 0 radical (unpaired) electrons. The highest BCUT2D eigenvalue weighted by Gasteiger charge is 2.31. The monoisotopic (exact) mass is 223 g/mol. The van der Waals surface area contributed by atoms with Crippen LogP contribution in [0.25, 0.3) is 0 Å². The fourth-order valence-electron chi connectivity index (χ4n) is 2.45. The molecule has 0 saturated carbocycles. The number of rotatable bonds is 2. The lowest BCUT2D eigenvalue weighted by atomic mass is 10.0. The van der Waals surface area contributed by atoms with Crippen LogP contribution >= 0.6 is 0 Å². The molecule has 88 valence electrons. The molecule has 5 nitrogen and oxygen atoms in total. The minimum atomic E-state index is 0.0502. The summed E-state index contributed by atoms with van der Waals surface area (Å²) in [7, 11) is 0. The molecule has 3 atom stereocenters. The van der Waals surface area contributed by atoms with Gasteiger partial charge in [-0.15, -0.1) is 0 Å². The SMILES string of the molecule is CC1CCNC1c1nc(C2CCCO2)no1. The Morgan fingerprint density at radius 3 is 3.00 bits per heavy atom. The van der Waals surface area contributed by atoms with Crippen LogP contribution in [-0.2, 0) is 4.74 Å². The van der Waals surface area contributed by atoms with Crippen LogP contribution in [0.5, 0.6) is 0 Å². The molecule has 0 spiro atoms. The maximum atomic E-state index is 5.54. The Morgan fingerprint density at radius 1 is 1.38 bits per heavy atom. The predicted octanol–water partition coefficient (Wildman–Crippen LogP) is 1.59. The van der Waals surface area contributed by atoms with Crippen LogP contribution in [-0.4, -0.2) is 23.3 Å². The molecule has 2 fully saturated rings. The first-order valence-corrected chi connectivity index (χ1v) is 6.03.